The van der Waals surface area contributed by atoms with Crippen molar-refractivity contribution >= 4 is 23.5 Å². The zero-order valence-corrected chi connectivity index (χ0v) is 13.5. The maximum atomic E-state index is 10.7. The van der Waals surface area contributed by atoms with E-state index in [-0.39, 0.29) is 18.2 Å². The van der Waals surface area contributed by atoms with Crippen molar-refractivity contribution in [2.75, 3.05) is 0 Å². The van der Waals surface area contributed by atoms with Gasteiger partial charge in [-0.2, -0.15) is 0 Å². The topological polar surface area (TPSA) is 104 Å². The van der Waals surface area contributed by atoms with Gasteiger partial charge in [-0.15, -0.1) is 10.2 Å². The number of halogens is 1. The van der Waals surface area contributed by atoms with Gasteiger partial charge in [0, 0.05) is 28.3 Å². The normalized spacial score (nSPS) is 10.9. The van der Waals surface area contributed by atoms with Crippen molar-refractivity contribution in [2.24, 2.45) is 5.16 Å². The second kappa shape index (κ2) is 7.54. The molecular formula is C16H11ClN4O4. The zero-order valence-electron chi connectivity index (χ0n) is 12.7. The van der Waals surface area contributed by atoms with Crippen LogP contribution < -0.4 is 0 Å². The Balaban J connectivity index is 1.58. The van der Waals surface area contributed by atoms with Crippen molar-refractivity contribution in [3.05, 3.63) is 75.1 Å². The Morgan fingerprint density at radius 1 is 1.24 bits per heavy atom. The molecule has 0 saturated heterocycles. The van der Waals surface area contributed by atoms with Gasteiger partial charge in [0.25, 0.3) is 11.6 Å². The maximum absolute atomic E-state index is 10.7. The third-order valence-corrected chi connectivity index (χ3v) is 3.36. The molecule has 0 bridgehead atoms. The minimum Gasteiger partial charge on any atom is -0.417 e. The van der Waals surface area contributed by atoms with Gasteiger partial charge in [-0.1, -0.05) is 28.9 Å². The van der Waals surface area contributed by atoms with Gasteiger partial charge in [0.1, 0.15) is 0 Å². The molecule has 0 aliphatic carbocycles. The first-order valence-electron chi connectivity index (χ1n) is 7.10. The summed E-state index contributed by atoms with van der Waals surface area (Å²) < 4.78 is 5.46. The van der Waals surface area contributed by atoms with E-state index < -0.39 is 4.92 Å². The van der Waals surface area contributed by atoms with Gasteiger partial charge in [0.05, 0.1) is 11.1 Å². The van der Waals surface area contributed by atoms with E-state index in [2.05, 4.69) is 15.4 Å². The minimum atomic E-state index is -0.477. The van der Waals surface area contributed by atoms with E-state index in [1.807, 2.05) is 0 Å². The van der Waals surface area contributed by atoms with E-state index in [0.29, 0.717) is 16.5 Å². The second-order valence-corrected chi connectivity index (χ2v) is 5.30. The molecule has 0 saturated carbocycles. The molecule has 0 unspecified atom stereocenters. The molecule has 0 N–H and O–H groups in total. The first kappa shape index (κ1) is 16.6. The lowest BCUT2D eigenvalue weighted by molar-refractivity contribution is -0.384. The fraction of sp³-hybridized carbons (Fsp3) is 0.0625. The first-order chi connectivity index (χ1) is 12.1. The lowest BCUT2D eigenvalue weighted by Gasteiger charge is -1.96. The van der Waals surface area contributed by atoms with Crippen LogP contribution in [0.5, 0.6) is 0 Å². The summed E-state index contributed by atoms with van der Waals surface area (Å²) in [6.45, 7) is -0.0218. The summed E-state index contributed by atoms with van der Waals surface area (Å²) in [6.07, 6.45) is 1.36. The van der Waals surface area contributed by atoms with Crippen LogP contribution in [0.3, 0.4) is 0 Å². The molecule has 0 aliphatic heterocycles. The smallest absolute Gasteiger partial charge is 0.270 e. The molecule has 25 heavy (non-hydrogen) atoms. The molecule has 2 aromatic carbocycles. The molecule has 0 fully saturated rings. The summed E-state index contributed by atoms with van der Waals surface area (Å²) >= 11 is 5.83. The van der Waals surface area contributed by atoms with E-state index >= 15 is 0 Å². The highest BCUT2D eigenvalue weighted by Crippen LogP contribution is 2.20. The molecule has 9 heteroatoms. The van der Waals surface area contributed by atoms with Crippen LogP contribution in [-0.2, 0) is 11.4 Å². The molecule has 0 amide bonds. The van der Waals surface area contributed by atoms with Gasteiger partial charge in [-0.05, 0) is 24.3 Å². The van der Waals surface area contributed by atoms with Crippen LogP contribution in [-0.4, -0.2) is 21.3 Å². The van der Waals surface area contributed by atoms with E-state index in [1.54, 1.807) is 36.4 Å². The molecule has 0 spiro atoms. The summed E-state index contributed by atoms with van der Waals surface area (Å²) in [4.78, 5) is 15.3. The Bertz CT molecular complexity index is 909. The fourth-order valence-corrected chi connectivity index (χ4v) is 2.06. The van der Waals surface area contributed by atoms with Crippen molar-refractivity contribution in [1.29, 1.82) is 0 Å². The summed E-state index contributed by atoms with van der Waals surface area (Å²) in [5.74, 6) is 0.596. The minimum absolute atomic E-state index is 0.0199. The Morgan fingerprint density at radius 2 is 2.04 bits per heavy atom. The standard InChI is InChI=1S/C16H11ClN4O4/c17-13-6-4-12(5-7-13)16-20-19-15(25-16)10-24-18-9-11-2-1-3-14(8-11)21(22)23/h1-9H,10H2/b18-9-. The number of nitro benzene ring substituents is 1. The summed E-state index contributed by atoms with van der Waals surface area (Å²) in [7, 11) is 0. The molecule has 3 rings (SSSR count). The zero-order chi connectivity index (χ0) is 17.6. The van der Waals surface area contributed by atoms with Crippen LogP contribution in [0.2, 0.25) is 5.02 Å². The average molecular weight is 359 g/mol. The SMILES string of the molecule is O=[N+]([O-])c1cccc(/C=N\OCc2nnc(-c3ccc(Cl)cc3)o2)c1. The van der Waals surface area contributed by atoms with E-state index in [9.17, 15) is 10.1 Å². The molecule has 1 aromatic heterocycles. The van der Waals surface area contributed by atoms with Crippen LogP contribution in [0.1, 0.15) is 11.5 Å². The van der Waals surface area contributed by atoms with E-state index in [0.717, 1.165) is 5.56 Å². The number of rotatable bonds is 6. The largest absolute Gasteiger partial charge is 0.417 e. The highest BCUT2D eigenvalue weighted by molar-refractivity contribution is 6.30. The van der Waals surface area contributed by atoms with Crippen LogP contribution in [0.4, 0.5) is 5.69 Å². The Hall–Kier alpha value is -3.26. The van der Waals surface area contributed by atoms with E-state index in [4.69, 9.17) is 20.9 Å². The van der Waals surface area contributed by atoms with Crippen LogP contribution >= 0.6 is 11.6 Å². The average Bonchev–Trinajstić information content (AvgIpc) is 3.08. The highest BCUT2D eigenvalue weighted by Gasteiger charge is 2.09. The number of non-ortho nitro benzene ring substituents is 1. The number of hydrogen-bond donors (Lipinski definition) is 0. The Kier molecular flexibility index (Phi) is 5.00. The van der Waals surface area contributed by atoms with Gasteiger partial charge in [-0.3, -0.25) is 10.1 Å². The summed E-state index contributed by atoms with van der Waals surface area (Å²) in [5.41, 5.74) is 1.26. The molecular weight excluding hydrogens is 348 g/mol. The predicted molar refractivity (Wildman–Crippen MR) is 90.2 cm³/mol. The number of aromatic nitrogens is 2. The fourth-order valence-electron chi connectivity index (χ4n) is 1.93. The van der Waals surface area contributed by atoms with Crippen molar-refractivity contribution in [3.8, 4) is 11.5 Å². The first-order valence-corrected chi connectivity index (χ1v) is 7.48. The lowest BCUT2D eigenvalue weighted by atomic mass is 10.2. The van der Waals surface area contributed by atoms with Crippen LogP contribution in [0, 0.1) is 10.1 Å². The Morgan fingerprint density at radius 3 is 2.80 bits per heavy atom. The number of nitrogens with zero attached hydrogens (tertiary/aromatic N) is 4. The van der Waals surface area contributed by atoms with Crippen LogP contribution in [0.15, 0.2) is 58.1 Å². The quantitative estimate of drug-likeness (QED) is 0.376. The van der Waals surface area contributed by atoms with Gasteiger partial charge in [0.15, 0.2) is 6.61 Å². The highest BCUT2D eigenvalue weighted by atomic mass is 35.5. The monoisotopic (exact) mass is 358 g/mol. The van der Waals surface area contributed by atoms with E-state index in [1.165, 1.54) is 18.3 Å². The second-order valence-electron chi connectivity index (χ2n) is 4.87. The molecule has 0 atom stereocenters. The van der Waals surface area contributed by atoms with Crippen molar-refractivity contribution in [3.63, 3.8) is 0 Å². The van der Waals surface area contributed by atoms with Gasteiger partial charge in [-0.25, -0.2) is 0 Å². The molecule has 0 aliphatic rings. The number of hydrogen-bond acceptors (Lipinski definition) is 7. The summed E-state index contributed by atoms with van der Waals surface area (Å²) in [6, 6.07) is 13.0. The number of benzene rings is 2. The maximum Gasteiger partial charge on any atom is 0.270 e. The predicted octanol–water partition coefficient (Wildman–Crippen LogP) is 3.85. The summed E-state index contributed by atoms with van der Waals surface area (Å²) in [5, 5.41) is 22.8. The van der Waals surface area contributed by atoms with Crippen molar-refractivity contribution in [1.82, 2.24) is 10.2 Å². The Labute approximate surface area is 146 Å². The van der Waals surface area contributed by atoms with Crippen molar-refractivity contribution in [2.45, 2.75) is 6.61 Å². The van der Waals surface area contributed by atoms with Crippen LogP contribution in [0.25, 0.3) is 11.5 Å². The third-order valence-electron chi connectivity index (χ3n) is 3.10. The molecule has 1 heterocycles. The molecule has 3 aromatic rings. The van der Waals surface area contributed by atoms with Gasteiger partial charge < -0.3 is 9.25 Å². The molecule has 0 radical (unpaired) electrons. The third kappa shape index (κ3) is 4.39. The number of oxime groups is 1. The molecule has 8 nitrogen and oxygen atoms in total. The van der Waals surface area contributed by atoms with Crippen molar-refractivity contribution < 1.29 is 14.2 Å². The van der Waals surface area contributed by atoms with Gasteiger partial charge >= 0.3 is 0 Å². The lowest BCUT2D eigenvalue weighted by Crippen LogP contribution is -1.91. The van der Waals surface area contributed by atoms with Gasteiger partial charge in [0.2, 0.25) is 5.89 Å². The molecule has 126 valence electrons. The number of nitro groups is 1.